The van der Waals surface area contributed by atoms with Crippen LogP contribution in [0.5, 0.6) is 0 Å². The molecule has 2 fully saturated rings. The van der Waals surface area contributed by atoms with Gasteiger partial charge in [0.25, 0.3) is 0 Å². The summed E-state index contributed by atoms with van der Waals surface area (Å²) in [5, 5.41) is 11.8. The molecule has 2 rings (SSSR count). The van der Waals surface area contributed by atoms with Crippen molar-refractivity contribution < 1.29 is 9.90 Å². The van der Waals surface area contributed by atoms with Gasteiger partial charge in [0, 0.05) is 19.6 Å². The van der Waals surface area contributed by atoms with Crippen molar-refractivity contribution in [3.8, 4) is 0 Å². The van der Waals surface area contributed by atoms with E-state index in [0.717, 1.165) is 44.6 Å². The van der Waals surface area contributed by atoms with Crippen molar-refractivity contribution in [2.75, 3.05) is 13.2 Å². The van der Waals surface area contributed by atoms with Crippen LogP contribution in [0.2, 0.25) is 0 Å². The second-order valence-corrected chi connectivity index (χ2v) is 6.67. The third kappa shape index (κ3) is 4.48. The Kier molecular flexibility index (Phi) is 5.68. The number of rotatable bonds is 9. The van der Waals surface area contributed by atoms with E-state index in [1.165, 1.54) is 38.5 Å². The normalized spacial score (nSPS) is 28.8. The SMILES string of the molecule is O=C(CC12CCC(CC1)C2)NCCCCCCCO. The fourth-order valence-electron chi connectivity index (χ4n) is 3.96. The average Bonchev–Trinajstić information content (AvgIpc) is 2.97. The molecule has 110 valence electrons. The molecule has 3 heteroatoms. The molecule has 2 saturated carbocycles. The van der Waals surface area contributed by atoms with Gasteiger partial charge in [-0.2, -0.15) is 0 Å². The first-order valence-corrected chi connectivity index (χ1v) is 8.12. The number of hydrogen-bond acceptors (Lipinski definition) is 2. The first-order chi connectivity index (χ1) is 9.24. The van der Waals surface area contributed by atoms with Crippen LogP contribution in [0.3, 0.4) is 0 Å². The van der Waals surface area contributed by atoms with E-state index in [9.17, 15) is 4.79 Å². The Morgan fingerprint density at radius 1 is 1.11 bits per heavy atom. The van der Waals surface area contributed by atoms with Crippen LogP contribution < -0.4 is 5.32 Å². The lowest BCUT2D eigenvalue weighted by molar-refractivity contribution is -0.123. The van der Waals surface area contributed by atoms with Crippen molar-refractivity contribution in [3.63, 3.8) is 0 Å². The lowest BCUT2D eigenvalue weighted by Gasteiger charge is -2.25. The number of carbonyl (C=O) groups is 1. The molecule has 0 unspecified atom stereocenters. The summed E-state index contributed by atoms with van der Waals surface area (Å²) < 4.78 is 0. The smallest absolute Gasteiger partial charge is 0.220 e. The molecule has 0 aromatic carbocycles. The Morgan fingerprint density at radius 2 is 1.79 bits per heavy atom. The molecule has 0 saturated heterocycles. The Balaban J connectivity index is 1.51. The van der Waals surface area contributed by atoms with Gasteiger partial charge in [0.05, 0.1) is 0 Å². The first-order valence-electron chi connectivity index (χ1n) is 8.12. The Morgan fingerprint density at radius 3 is 2.42 bits per heavy atom. The van der Waals surface area contributed by atoms with Gasteiger partial charge in [0.1, 0.15) is 0 Å². The van der Waals surface area contributed by atoms with Gasteiger partial charge in [-0.3, -0.25) is 4.79 Å². The maximum atomic E-state index is 12.0. The van der Waals surface area contributed by atoms with E-state index in [1.807, 2.05) is 0 Å². The van der Waals surface area contributed by atoms with Crippen LogP contribution in [0.1, 0.15) is 70.6 Å². The predicted octanol–water partition coefficient (Wildman–Crippen LogP) is 3.02. The molecule has 1 amide bonds. The second kappa shape index (κ2) is 7.28. The Bertz CT molecular complexity index is 282. The monoisotopic (exact) mass is 267 g/mol. The van der Waals surface area contributed by atoms with Crippen LogP contribution in [-0.4, -0.2) is 24.2 Å². The van der Waals surface area contributed by atoms with Gasteiger partial charge in [0.15, 0.2) is 0 Å². The summed E-state index contributed by atoms with van der Waals surface area (Å²) in [6.45, 7) is 1.14. The highest BCUT2D eigenvalue weighted by atomic mass is 16.2. The minimum absolute atomic E-state index is 0.276. The minimum Gasteiger partial charge on any atom is -0.396 e. The molecule has 2 N–H and O–H groups in total. The van der Waals surface area contributed by atoms with Gasteiger partial charge >= 0.3 is 0 Å². The zero-order valence-corrected chi connectivity index (χ0v) is 12.1. The zero-order chi connectivity index (χ0) is 13.6. The fourth-order valence-corrected chi connectivity index (χ4v) is 3.96. The number of aliphatic hydroxyl groups is 1. The summed E-state index contributed by atoms with van der Waals surface area (Å²) in [6.07, 6.45) is 12.8. The van der Waals surface area contributed by atoms with Crippen molar-refractivity contribution in [2.45, 2.75) is 70.6 Å². The standard InChI is InChI=1S/C16H29NO2/c18-11-5-3-1-2-4-10-17-15(19)13-16-8-6-14(12-16)7-9-16/h14,18H,1-13H2,(H,17,19). The molecular weight excluding hydrogens is 238 g/mol. The molecule has 0 aromatic heterocycles. The molecule has 0 radical (unpaired) electrons. The molecule has 19 heavy (non-hydrogen) atoms. The van der Waals surface area contributed by atoms with E-state index < -0.39 is 0 Å². The molecule has 0 spiro atoms. The van der Waals surface area contributed by atoms with E-state index in [4.69, 9.17) is 5.11 Å². The van der Waals surface area contributed by atoms with Gasteiger partial charge in [-0.1, -0.05) is 19.3 Å². The second-order valence-electron chi connectivity index (χ2n) is 6.67. The van der Waals surface area contributed by atoms with E-state index >= 15 is 0 Å². The first kappa shape index (κ1) is 14.8. The highest BCUT2D eigenvalue weighted by molar-refractivity contribution is 5.76. The molecule has 0 aliphatic heterocycles. The lowest BCUT2D eigenvalue weighted by atomic mass is 9.81. The lowest BCUT2D eigenvalue weighted by Crippen LogP contribution is -2.30. The average molecular weight is 267 g/mol. The highest BCUT2D eigenvalue weighted by Crippen LogP contribution is 2.55. The van der Waals surface area contributed by atoms with Crippen LogP contribution in [0.15, 0.2) is 0 Å². The third-order valence-electron chi connectivity index (χ3n) is 5.08. The van der Waals surface area contributed by atoms with Gasteiger partial charge in [0.2, 0.25) is 5.91 Å². The molecule has 2 aliphatic rings. The van der Waals surface area contributed by atoms with Gasteiger partial charge in [-0.05, 0) is 56.3 Å². The quantitative estimate of drug-likeness (QED) is 0.631. The minimum atomic E-state index is 0.276. The summed E-state index contributed by atoms with van der Waals surface area (Å²) >= 11 is 0. The van der Waals surface area contributed by atoms with Crippen molar-refractivity contribution in [3.05, 3.63) is 0 Å². The molecule has 2 bridgehead atoms. The largest absolute Gasteiger partial charge is 0.396 e. The maximum Gasteiger partial charge on any atom is 0.220 e. The van der Waals surface area contributed by atoms with E-state index in [-0.39, 0.29) is 5.91 Å². The molecular formula is C16H29NO2. The molecule has 0 aromatic rings. The summed E-state index contributed by atoms with van der Waals surface area (Å²) in [7, 11) is 0. The Labute approximate surface area is 117 Å². The number of nitrogens with one attached hydrogen (secondary N) is 1. The molecule has 0 atom stereocenters. The third-order valence-corrected chi connectivity index (χ3v) is 5.08. The number of carbonyl (C=O) groups excluding carboxylic acids is 1. The number of hydrogen-bond donors (Lipinski definition) is 2. The van der Waals surface area contributed by atoms with Crippen LogP contribution in [0, 0.1) is 11.3 Å². The van der Waals surface area contributed by atoms with Crippen molar-refractivity contribution >= 4 is 5.91 Å². The van der Waals surface area contributed by atoms with Gasteiger partial charge in [-0.25, -0.2) is 0 Å². The van der Waals surface area contributed by atoms with E-state index in [0.29, 0.717) is 12.0 Å². The summed E-state index contributed by atoms with van der Waals surface area (Å²) in [4.78, 5) is 12.0. The van der Waals surface area contributed by atoms with Crippen LogP contribution in [-0.2, 0) is 4.79 Å². The molecule has 3 nitrogen and oxygen atoms in total. The molecule has 2 aliphatic carbocycles. The van der Waals surface area contributed by atoms with Crippen LogP contribution in [0.4, 0.5) is 0 Å². The number of unbranched alkanes of at least 4 members (excludes halogenated alkanes) is 4. The number of aliphatic hydroxyl groups excluding tert-OH is 1. The van der Waals surface area contributed by atoms with Gasteiger partial charge in [-0.15, -0.1) is 0 Å². The summed E-state index contributed by atoms with van der Waals surface area (Å²) in [5.74, 6) is 1.21. The van der Waals surface area contributed by atoms with Crippen LogP contribution in [0.25, 0.3) is 0 Å². The topological polar surface area (TPSA) is 49.3 Å². The molecule has 0 heterocycles. The van der Waals surface area contributed by atoms with Gasteiger partial charge < -0.3 is 10.4 Å². The van der Waals surface area contributed by atoms with Crippen molar-refractivity contribution in [2.24, 2.45) is 11.3 Å². The summed E-state index contributed by atoms with van der Waals surface area (Å²) in [6, 6.07) is 0. The number of fused-ring (bicyclic) bond motifs is 2. The number of amides is 1. The zero-order valence-electron chi connectivity index (χ0n) is 12.1. The van der Waals surface area contributed by atoms with Crippen molar-refractivity contribution in [1.82, 2.24) is 5.32 Å². The fraction of sp³-hybridized carbons (Fsp3) is 0.938. The van der Waals surface area contributed by atoms with E-state index in [1.54, 1.807) is 0 Å². The van der Waals surface area contributed by atoms with Crippen LogP contribution >= 0.6 is 0 Å². The van der Waals surface area contributed by atoms with E-state index in [2.05, 4.69) is 5.32 Å². The summed E-state index contributed by atoms with van der Waals surface area (Å²) in [5.41, 5.74) is 0.385. The predicted molar refractivity (Wildman–Crippen MR) is 76.8 cm³/mol. The highest BCUT2D eigenvalue weighted by Gasteiger charge is 2.45. The van der Waals surface area contributed by atoms with Crippen molar-refractivity contribution in [1.29, 1.82) is 0 Å². The Hall–Kier alpha value is -0.570. The maximum absolute atomic E-state index is 12.0.